The summed E-state index contributed by atoms with van der Waals surface area (Å²) in [6.45, 7) is 5.03. The molecule has 0 aromatic carbocycles. The fourth-order valence-corrected chi connectivity index (χ4v) is 3.55. The molecule has 1 unspecified atom stereocenters. The lowest BCUT2D eigenvalue weighted by Gasteiger charge is -2.10. The van der Waals surface area contributed by atoms with Crippen LogP contribution in [-0.4, -0.2) is 22.7 Å². The van der Waals surface area contributed by atoms with Crippen LogP contribution in [0.1, 0.15) is 29.1 Å². The zero-order chi connectivity index (χ0) is 13.4. The number of nitrogens with one attached hydrogen (secondary N) is 1. The van der Waals surface area contributed by atoms with E-state index in [1.807, 2.05) is 0 Å². The van der Waals surface area contributed by atoms with E-state index in [2.05, 4.69) is 29.2 Å². The summed E-state index contributed by atoms with van der Waals surface area (Å²) in [5, 5.41) is 1.04. The molecule has 0 aliphatic carbocycles. The molecule has 1 fully saturated rings. The molecule has 0 amide bonds. The highest BCUT2D eigenvalue weighted by Gasteiger charge is 2.20. The Morgan fingerprint density at radius 2 is 2.26 bits per heavy atom. The predicted molar refractivity (Wildman–Crippen MR) is 77.4 cm³/mol. The van der Waals surface area contributed by atoms with Crippen LogP contribution in [0.4, 0.5) is 5.82 Å². The maximum Gasteiger partial charge on any atom is 0.152 e. The molecule has 1 saturated heterocycles. The summed E-state index contributed by atoms with van der Waals surface area (Å²) in [5.41, 5.74) is 3.91. The van der Waals surface area contributed by atoms with E-state index in [-0.39, 0.29) is 6.10 Å². The highest BCUT2D eigenvalue weighted by Crippen LogP contribution is 2.33. The van der Waals surface area contributed by atoms with Crippen LogP contribution in [0.15, 0.2) is 0 Å². The van der Waals surface area contributed by atoms with Crippen LogP contribution in [-0.2, 0) is 11.2 Å². The molecular weight excluding hydrogens is 260 g/mol. The number of hydrogen-bond donors (Lipinski definition) is 2. The van der Waals surface area contributed by atoms with Gasteiger partial charge in [0.2, 0.25) is 0 Å². The van der Waals surface area contributed by atoms with Gasteiger partial charge in [0.25, 0.3) is 0 Å². The molecule has 3 N–H and O–H groups in total. The number of aromatic nitrogens is 2. The van der Waals surface area contributed by atoms with E-state index in [9.17, 15) is 0 Å². The minimum absolute atomic E-state index is 0.255. The van der Waals surface area contributed by atoms with Gasteiger partial charge in [0.05, 0.1) is 11.5 Å². The van der Waals surface area contributed by atoms with Crippen LogP contribution < -0.4 is 11.3 Å². The van der Waals surface area contributed by atoms with Crippen LogP contribution in [0, 0.1) is 13.8 Å². The first kappa shape index (κ1) is 12.8. The molecule has 3 heterocycles. The SMILES string of the molecule is Cc1sc2nc(CC3CCCO3)nc(NN)c2c1C. The summed E-state index contributed by atoms with van der Waals surface area (Å²) < 4.78 is 5.64. The average Bonchev–Trinajstić information content (AvgIpc) is 2.98. The second-order valence-corrected chi connectivity index (χ2v) is 6.14. The summed E-state index contributed by atoms with van der Waals surface area (Å²) in [6, 6.07) is 0. The fourth-order valence-electron chi connectivity index (χ4n) is 2.50. The van der Waals surface area contributed by atoms with Crippen molar-refractivity contribution in [2.24, 2.45) is 5.84 Å². The Morgan fingerprint density at radius 1 is 1.42 bits per heavy atom. The summed E-state index contributed by atoms with van der Waals surface area (Å²) >= 11 is 1.69. The molecule has 1 atom stereocenters. The van der Waals surface area contributed by atoms with Crippen LogP contribution in [0.2, 0.25) is 0 Å². The molecular formula is C13H18N4OS. The van der Waals surface area contributed by atoms with Gasteiger partial charge in [-0.25, -0.2) is 15.8 Å². The van der Waals surface area contributed by atoms with Gasteiger partial charge in [0.15, 0.2) is 5.82 Å². The van der Waals surface area contributed by atoms with Crippen molar-refractivity contribution in [3.05, 3.63) is 16.3 Å². The van der Waals surface area contributed by atoms with Gasteiger partial charge in [-0.05, 0) is 32.3 Å². The normalized spacial score (nSPS) is 19.2. The monoisotopic (exact) mass is 278 g/mol. The molecule has 6 heteroatoms. The van der Waals surface area contributed by atoms with E-state index >= 15 is 0 Å². The Morgan fingerprint density at radius 3 is 2.95 bits per heavy atom. The van der Waals surface area contributed by atoms with Crippen LogP contribution in [0.5, 0.6) is 0 Å². The zero-order valence-corrected chi connectivity index (χ0v) is 12.0. The molecule has 102 valence electrons. The Labute approximate surface area is 116 Å². The van der Waals surface area contributed by atoms with Crippen molar-refractivity contribution in [2.75, 3.05) is 12.0 Å². The molecule has 0 radical (unpaired) electrons. The van der Waals surface area contributed by atoms with Crippen LogP contribution >= 0.6 is 11.3 Å². The standard InChI is InChI=1S/C13H18N4OS/c1-7-8(2)19-13-11(7)12(17-14)15-10(16-13)6-9-4-3-5-18-9/h9H,3-6,14H2,1-2H3,(H,15,16,17). The lowest BCUT2D eigenvalue weighted by molar-refractivity contribution is 0.110. The number of ether oxygens (including phenoxy) is 1. The highest BCUT2D eigenvalue weighted by atomic mass is 32.1. The topological polar surface area (TPSA) is 73.1 Å². The molecule has 0 bridgehead atoms. The molecule has 19 heavy (non-hydrogen) atoms. The molecule has 1 aliphatic heterocycles. The van der Waals surface area contributed by atoms with Gasteiger partial charge in [-0.2, -0.15) is 0 Å². The van der Waals surface area contributed by atoms with E-state index in [4.69, 9.17) is 10.6 Å². The average molecular weight is 278 g/mol. The molecule has 0 saturated carbocycles. The first-order valence-electron chi connectivity index (χ1n) is 6.54. The quantitative estimate of drug-likeness (QED) is 0.666. The van der Waals surface area contributed by atoms with E-state index in [0.29, 0.717) is 0 Å². The van der Waals surface area contributed by atoms with Gasteiger partial charge in [-0.3, -0.25) is 0 Å². The predicted octanol–water partition coefficient (Wildman–Crippen LogP) is 2.32. The van der Waals surface area contributed by atoms with Crippen molar-refractivity contribution in [2.45, 2.75) is 39.2 Å². The van der Waals surface area contributed by atoms with Crippen molar-refractivity contribution in [3.8, 4) is 0 Å². The lowest BCUT2D eigenvalue weighted by atomic mass is 10.1. The Kier molecular flexibility index (Phi) is 3.38. The van der Waals surface area contributed by atoms with E-state index < -0.39 is 0 Å². The molecule has 2 aromatic rings. The minimum Gasteiger partial charge on any atom is -0.378 e. The minimum atomic E-state index is 0.255. The Hall–Kier alpha value is -1.24. The number of anilines is 1. The third-order valence-corrected chi connectivity index (χ3v) is 4.75. The van der Waals surface area contributed by atoms with Gasteiger partial charge in [-0.1, -0.05) is 0 Å². The van der Waals surface area contributed by atoms with Crippen molar-refractivity contribution >= 4 is 27.4 Å². The summed E-state index contributed by atoms with van der Waals surface area (Å²) in [7, 11) is 0. The molecule has 0 spiro atoms. The van der Waals surface area contributed by atoms with Gasteiger partial charge < -0.3 is 10.2 Å². The van der Waals surface area contributed by atoms with E-state index in [1.165, 1.54) is 10.4 Å². The summed E-state index contributed by atoms with van der Waals surface area (Å²) in [5.74, 6) is 7.14. The number of rotatable bonds is 3. The number of nitrogen functional groups attached to an aromatic ring is 1. The second kappa shape index (κ2) is 5.03. The van der Waals surface area contributed by atoms with Crippen molar-refractivity contribution in [1.82, 2.24) is 9.97 Å². The molecule has 2 aromatic heterocycles. The number of nitrogens with zero attached hydrogens (tertiary/aromatic N) is 2. The Balaban J connectivity index is 2.01. The fraction of sp³-hybridized carbons (Fsp3) is 0.538. The second-order valence-electron chi connectivity index (χ2n) is 4.94. The molecule has 1 aliphatic rings. The van der Waals surface area contributed by atoms with E-state index in [0.717, 1.165) is 47.7 Å². The van der Waals surface area contributed by atoms with Crippen molar-refractivity contribution < 1.29 is 4.74 Å². The largest absolute Gasteiger partial charge is 0.378 e. The first-order valence-corrected chi connectivity index (χ1v) is 7.35. The van der Waals surface area contributed by atoms with Crippen molar-refractivity contribution in [1.29, 1.82) is 0 Å². The van der Waals surface area contributed by atoms with Crippen LogP contribution in [0.25, 0.3) is 10.2 Å². The number of nitrogens with two attached hydrogens (primary N) is 1. The number of hydrazine groups is 1. The summed E-state index contributed by atoms with van der Waals surface area (Å²) in [4.78, 5) is 11.5. The maximum absolute atomic E-state index is 5.64. The first-order chi connectivity index (χ1) is 9.19. The van der Waals surface area contributed by atoms with Gasteiger partial charge in [0, 0.05) is 17.9 Å². The number of hydrogen-bond acceptors (Lipinski definition) is 6. The number of thiophene rings is 1. The third-order valence-electron chi connectivity index (χ3n) is 3.65. The van der Waals surface area contributed by atoms with Gasteiger partial charge in [0.1, 0.15) is 10.7 Å². The van der Waals surface area contributed by atoms with Gasteiger partial charge in [-0.15, -0.1) is 11.3 Å². The number of fused-ring (bicyclic) bond motifs is 1. The zero-order valence-electron chi connectivity index (χ0n) is 11.2. The van der Waals surface area contributed by atoms with Crippen molar-refractivity contribution in [3.63, 3.8) is 0 Å². The lowest BCUT2D eigenvalue weighted by Crippen LogP contribution is -2.15. The highest BCUT2D eigenvalue weighted by molar-refractivity contribution is 7.18. The maximum atomic E-state index is 5.64. The van der Waals surface area contributed by atoms with Gasteiger partial charge >= 0.3 is 0 Å². The third kappa shape index (κ3) is 2.31. The molecule has 3 rings (SSSR count). The Bertz CT molecular complexity index is 604. The summed E-state index contributed by atoms with van der Waals surface area (Å²) in [6.07, 6.45) is 3.24. The van der Waals surface area contributed by atoms with E-state index in [1.54, 1.807) is 11.3 Å². The molecule has 5 nitrogen and oxygen atoms in total. The smallest absolute Gasteiger partial charge is 0.152 e. The van der Waals surface area contributed by atoms with Crippen LogP contribution in [0.3, 0.4) is 0 Å². The number of aryl methyl sites for hydroxylation is 2.